The van der Waals surface area contributed by atoms with E-state index >= 15 is 0 Å². The largest absolute Gasteiger partial charge is 0.383 e. The van der Waals surface area contributed by atoms with Gasteiger partial charge in [0.05, 0.1) is 6.61 Å². The van der Waals surface area contributed by atoms with Gasteiger partial charge in [0.25, 0.3) is 0 Å². The average Bonchev–Trinajstić information content (AvgIpc) is 3.04. The van der Waals surface area contributed by atoms with Gasteiger partial charge in [0.1, 0.15) is 18.2 Å². The van der Waals surface area contributed by atoms with Crippen molar-refractivity contribution < 1.29 is 4.74 Å². The Hall–Kier alpha value is -1.95. The molecule has 30 heavy (non-hydrogen) atoms. The summed E-state index contributed by atoms with van der Waals surface area (Å²) >= 11 is 0. The molecular formula is C20H33IN8O. The number of guanidine groups is 1. The van der Waals surface area contributed by atoms with Gasteiger partial charge in [-0.3, -0.25) is 0 Å². The molecule has 1 fully saturated rings. The molecular weight excluding hydrogens is 495 g/mol. The van der Waals surface area contributed by atoms with E-state index in [1.807, 2.05) is 31.5 Å². The molecule has 2 aromatic heterocycles. The molecule has 0 aromatic carbocycles. The second kappa shape index (κ2) is 12.0. The van der Waals surface area contributed by atoms with Crippen LogP contribution in [0.2, 0.25) is 0 Å². The van der Waals surface area contributed by atoms with Gasteiger partial charge in [-0.1, -0.05) is 6.07 Å². The SMILES string of the molecule is COCCNC(=NCc1nnc(C)n1C)NC1CCN(c2cccc(C)n2)CC1.I. The van der Waals surface area contributed by atoms with E-state index in [0.29, 0.717) is 25.7 Å². The summed E-state index contributed by atoms with van der Waals surface area (Å²) in [5, 5.41) is 15.2. The number of aryl methyl sites for hydroxylation is 2. The lowest BCUT2D eigenvalue weighted by Crippen LogP contribution is -2.49. The van der Waals surface area contributed by atoms with E-state index in [2.05, 4.69) is 42.8 Å². The van der Waals surface area contributed by atoms with E-state index in [1.54, 1.807) is 7.11 Å². The number of aromatic nitrogens is 4. The van der Waals surface area contributed by atoms with Crippen molar-refractivity contribution in [1.29, 1.82) is 0 Å². The maximum atomic E-state index is 5.15. The zero-order valence-corrected chi connectivity index (χ0v) is 20.6. The Morgan fingerprint density at radius 1 is 1.23 bits per heavy atom. The second-order valence-corrected chi connectivity index (χ2v) is 7.35. The van der Waals surface area contributed by atoms with Gasteiger partial charge in [-0.15, -0.1) is 34.2 Å². The van der Waals surface area contributed by atoms with Crippen molar-refractivity contribution in [3.8, 4) is 0 Å². The quantitative estimate of drug-likeness (QED) is 0.245. The first-order valence-corrected chi connectivity index (χ1v) is 10.1. The Labute approximate surface area is 195 Å². The van der Waals surface area contributed by atoms with Gasteiger partial charge in [-0.25, -0.2) is 9.98 Å². The summed E-state index contributed by atoms with van der Waals surface area (Å²) in [4.78, 5) is 11.7. The van der Waals surface area contributed by atoms with Gasteiger partial charge in [-0.05, 0) is 38.8 Å². The van der Waals surface area contributed by atoms with Crippen molar-refractivity contribution in [2.45, 2.75) is 39.3 Å². The molecule has 1 aliphatic heterocycles. The first-order valence-electron chi connectivity index (χ1n) is 10.1. The van der Waals surface area contributed by atoms with Crippen LogP contribution in [0.5, 0.6) is 0 Å². The first kappa shape index (κ1) is 24.3. The summed E-state index contributed by atoms with van der Waals surface area (Å²) in [5.41, 5.74) is 1.05. The Morgan fingerprint density at radius 3 is 2.63 bits per heavy atom. The number of nitrogens with zero attached hydrogens (tertiary/aromatic N) is 6. The molecule has 9 nitrogen and oxygen atoms in total. The number of ether oxygens (including phenoxy) is 1. The number of hydrogen-bond acceptors (Lipinski definition) is 6. The van der Waals surface area contributed by atoms with E-state index in [1.165, 1.54) is 0 Å². The van der Waals surface area contributed by atoms with Crippen LogP contribution in [0.4, 0.5) is 5.82 Å². The maximum Gasteiger partial charge on any atom is 0.192 e. The predicted octanol–water partition coefficient (Wildman–Crippen LogP) is 1.80. The summed E-state index contributed by atoms with van der Waals surface area (Å²) in [6.45, 7) is 7.72. The molecule has 0 radical (unpaired) electrons. The zero-order valence-electron chi connectivity index (χ0n) is 18.3. The lowest BCUT2D eigenvalue weighted by Gasteiger charge is -2.34. The number of hydrogen-bond donors (Lipinski definition) is 2. The number of methoxy groups -OCH3 is 1. The van der Waals surface area contributed by atoms with Gasteiger partial charge in [0.2, 0.25) is 0 Å². The van der Waals surface area contributed by atoms with E-state index in [4.69, 9.17) is 9.73 Å². The number of piperidine rings is 1. The minimum atomic E-state index is 0. The highest BCUT2D eigenvalue weighted by atomic mass is 127. The molecule has 2 aromatic rings. The molecule has 0 aliphatic carbocycles. The Morgan fingerprint density at radius 2 is 2.00 bits per heavy atom. The van der Waals surface area contributed by atoms with Crippen LogP contribution in [-0.2, 0) is 18.3 Å². The van der Waals surface area contributed by atoms with Gasteiger partial charge < -0.3 is 24.8 Å². The van der Waals surface area contributed by atoms with Crippen LogP contribution < -0.4 is 15.5 Å². The Kier molecular flexibility index (Phi) is 9.76. The third kappa shape index (κ3) is 6.79. The molecule has 0 amide bonds. The highest BCUT2D eigenvalue weighted by molar-refractivity contribution is 14.0. The molecule has 1 aliphatic rings. The third-order valence-corrected chi connectivity index (χ3v) is 5.19. The Balaban J connectivity index is 0.00000320. The van der Waals surface area contributed by atoms with Crippen molar-refractivity contribution in [1.82, 2.24) is 30.4 Å². The molecule has 0 bridgehead atoms. The number of aliphatic imine (C=N–C) groups is 1. The van der Waals surface area contributed by atoms with Crippen molar-refractivity contribution >= 4 is 35.8 Å². The van der Waals surface area contributed by atoms with Crippen molar-refractivity contribution in [3.63, 3.8) is 0 Å². The number of nitrogens with one attached hydrogen (secondary N) is 2. The van der Waals surface area contributed by atoms with Gasteiger partial charge in [-0.2, -0.15) is 0 Å². The van der Waals surface area contributed by atoms with Crippen molar-refractivity contribution in [2.75, 3.05) is 38.3 Å². The summed E-state index contributed by atoms with van der Waals surface area (Å²) in [6.07, 6.45) is 2.06. The fourth-order valence-corrected chi connectivity index (χ4v) is 3.31. The molecule has 10 heteroatoms. The third-order valence-electron chi connectivity index (χ3n) is 5.19. The molecule has 0 saturated carbocycles. The monoisotopic (exact) mass is 528 g/mol. The molecule has 2 N–H and O–H groups in total. The summed E-state index contributed by atoms with van der Waals surface area (Å²) in [6, 6.07) is 6.56. The molecule has 1 saturated heterocycles. The average molecular weight is 528 g/mol. The van der Waals surface area contributed by atoms with Gasteiger partial charge in [0, 0.05) is 45.5 Å². The van der Waals surface area contributed by atoms with Crippen LogP contribution >= 0.6 is 24.0 Å². The minimum absolute atomic E-state index is 0. The Bertz CT molecular complexity index is 817. The van der Waals surface area contributed by atoms with E-state index in [9.17, 15) is 0 Å². The molecule has 0 unspecified atom stereocenters. The summed E-state index contributed by atoms with van der Waals surface area (Å²) in [5.74, 6) is 3.58. The summed E-state index contributed by atoms with van der Waals surface area (Å²) < 4.78 is 7.12. The maximum absolute atomic E-state index is 5.15. The molecule has 166 valence electrons. The van der Waals surface area contributed by atoms with Gasteiger partial charge in [0.15, 0.2) is 11.8 Å². The standard InChI is InChI=1S/C20H32N8O.HI/c1-15-6-5-7-18(23-15)28-11-8-17(9-12-28)24-20(21-10-13-29-4)22-14-19-26-25-16(2)27(19)3;/h5-7,17H,8-14H2,1-4H3,(H2,21,22,24);1H. The minimum Gasteiger partial charge on any atom is -0.383 e. The van der Waals surface area contributed by atoms with E-state index in [-0.39, 0.29) is 24.0 Å². The molecule has 3 heterocycles. The van der Waals surface area contributed by atoms with Crippen LogP contribution in [0.1, 0.15) is 30.2 Å². The lowest BCUT2D eigenvalue weighted by atomic mass is 10.1. The van der Waals surface area contributed by atoms with Crippen LogP contribution in [-0.4, -0.2) is 65.1 Å². The number of pyridine rings is 1. The smallest absolute Gasteiger partial charge is 0.192 e. The number of rotatable bonds is 7. The predicted molar refractivity (Wildman–Crippen MR) is 130 cm³/mol. The molecule has 3 rings (SSSR count). The van der Waals surface area contributed by atoms with E-state index in [0.717, 1.165) is 55.1 Å². The highest BCUT2D eigenvalue weighted by Crippen LogP contribution is 2.18. The topological polar surface area (TPSA) is 92.5 Å². The van der Waals surface area contributed by atoms with Crippen LogP contribution in [0.3, 0.4) is 0 Å². The molecule has 0 atom stereocenters. The van der Waals surface area contributed by atoms with E-state index < -0.39 is 0 Å². The fraction of sp³-hybridized carbons (Fsp3) is 0.600. The number of anilines is 1. The molecule has 0 spiro atoms. The number of halogens is 1. The fourth-order valence-electron chi connectivity index (χ4n) is 3.31. The van der Waals surface area contributed by atoms with Crippen LogP contribution in [0.25, 0.3) is 0 Å². The first-order chi connectivity index (χ1) is 14.1. The highest BCUT2D eigenvalue weighted by Gasteiger charge is 2.21. The van der Waals surface area contributed by atoms with Crippen LogP contribution in [0.15, 0.2) is 23.2 Å². The lowest BCUT2D eigenvalue weighted by molar-refractivity contribution is 0.203. The summed E-state index contributed by atoms with van der Waals surface area (Å²) in [7, 11) is 3.66. The normalized spacial score (nSPS) is 15.1. The van der Waals surface area contributed by atoms with Crippen molar-refractivity contribution in [2.24, 2.45) is 12.0 Å². The van der Waals surface area contributed by atoms with Crippen molar-refractivity contribution in [3.05, 3.63) is 35.5 Å². The van der Waals surface area contributed by atoms with Gasteiger partial charge >= 0.3 is 0 Å². The zero-order chi connectivity index (χ0) is 20.6. The van der Waals surface area contributed by atoms with Crippen LogP contribution in [0, 0.1) is 13.8 Å². The second-order valence-electron chi connectivity index (χ2n) is 7.35.